The maximum absolute atomic E-state index is 12.2. The lowest BCUT2D eigenvalue weighted by atomic mass is 10.2. The molecule has 0 aliphatic heterocycles. The molecular weight excluding hydrogens is 314 g/mol. The summed E-state index contributed by atoms with van der Waals surface area (Å²) >= 11 is 0. The smallest absolute Gasteiger partial charge is 0.285 e. The van der Waals surface area contributed by atoms with Gasteiger partial charge in [-0.1, -0.05) is 12.1 Å². The Balaban J connectivity index is 2.07. The van der Waals surface area contributed by atoms with Crippen molar-refractivity contribution in [1.82, 2.24) is 9.47 Å². The van der Waals surface area contributed by atoms with Crippen molar-refractivity contribution >= 4 is 11.6 Å². The molecule has 0 bridgehead atoms. The second kappa shape index (κ2) is 7.40. The third-order valence-electron chi connectivity index (χ3n) is 3.49. The van der Waals surface area contributed by atoms with Gasteiger partial charge in [0.25, 0.3) is 11.2 Å². The number of pyridine rings is 1. The van der Waals surface area contributed by atoms with Gasteiger partial charge < -0.3 is 9.64 Å². The van der Waals surface area contributed by atoms with Crippen LogP contribution in [0.1, 0.15) is 5.56 Å². The summed E-state index contributed by atoms with van der Waals surface area (Å²) in [6, 6.07) is 9.45. The molecule has 0 fully saturated rings. The predicted molar refractivity (Wildman–Crippen MR) is 86.8 cm³/mol. The van der Waals surface area contributed by atoms with Crippen LogP contribution in [0.15, 0.2) is 47.4 Å². The van der Waals surface area contributed by atoms with E-state index in [0.717, 1.165) is 34.2 Å². The molecule has 0 unspecified atom stereocenters. The van der Waals surface area contributed by atoms with Gasteiger partial charge in [-0.3, -0.25) is 24.3 Å². The number of aromatic nitrogens is 1. The van der Waals surface area contributed by atoms with Gasteiger partial charge in [0.1, 0.15) is 12.3 Å². The first-order chi connectivity index (χ1) is 11.4. The van der Waals surface area contributed by atoms with Crippen LogP contribution < -0.4 is 10.3 Å². The zero-order chi connectivity index (χ0) is 17.7. The van der Waals surface area contributed by atoms with Gasteiger partial charge >= 0.3 is 0 Å². The number of ether oxygens (including phenoxy) is 1. The zero-order valence-corrected chi connectivity index (χ0v) is 13.3. The molecule has 0 aliphatic carbocycles. The first-order valence-corrected chi connectivity index (χ1v) is 7.12. The van der Waals surface area contributed by atoms with Crippen LogP contribution in [-0.4, -0.2) is 34.5 Å². The van der Waals surface area contributed by atoms with Crippen molar-refractivity contribution in [1.29, 1.82) is 0 Å². The normalized spacial score (nSPS) is 10.2. The molecule has 0 N–H and O–H groups in total. The average Bonchev–Trinajstić information content (AvgIpc) is 2.57. The van der Waals surface area contributed by atoms with Crippen molar-refractivity contribution in [3.8, 4) is 5.75 Å². The SMILES string of the molecule is COc1ccc(CN(C)C(=O)Cn2cc([N+](=O)[O-])ccc2=O)cc1. The van der Waals surface area contributed by atoms with Gasteiger partial charge in [0.2, 0.25) is 5.91 Å². The number of benzene rings is 1. The van der Waals surface area contributed by atoms with Crippen molar-refractivity contribution in [2.45, 2.75) is 13.1 Å². The van der Waals surface area contributed by atoms with Gasteiger partial charge in [0, 0.05) is 25.7 Å². The average molecular weight is 331 g/mol. The molecule has 0 radical (unpaired) electrons. The number of likely N-dealkylation sites (N-methyl/N-ethyl adjacent to an activating group) is 1. The van der Waals surface area contributed by atoms with Gasteiger partial charge in [-0.2, -0.15) is 0 Å². The Kier molecular flexibility index (Phi) is 5.31. The minimum Gasteiger partial charge on any atom is -0.497 e. The van der Waals surface area contributed by atoms with E-state index in [2.05, 4.69) is 0 Å². The zero-order valence-electron chi connectivity index (χ0n) is 13.3. The summed E-state index contributed by atoms with van der Waals surface area (Å²) in [6.45, 7) is 0.0969. The molecule has 24 heavy (non-hydrogen) atoms. The molecule has 1 aromatic carbocycles. The largest absolute Gasteiger partial charge is 0.497 e. The summed E-state index contributed by atoms with van der Waals surface area (Å²) in [5.41, 5.74) is 0.199. The van der Waals surface area contributed by atoms with Gasteiger partial charge in [-0.05, 0) is 17.7 Å². The van der Waals surface area contributed by atoms with Crippen LogP contribution in [0, 0.1) is 10.1 Å². The fourth-order valence-corrected chi connectivity index (χ4v) is 2.11. The molecule has 0 saturated heterocycles. The quantitative estimate of drug-likeness (QED) is 0.589. The highest BCUT2D eigenvalue weighted by Crippen LogP contribution is 2.13. The van der Waals surface area contributed by atoms with Gasteiger partial charge in [-0.25, -0.2) is 0 Å². The summed E-state index contributed by atoms with van der Waals surface area (Å²) in [6.07, 6.45) is 1.07. The van der Waals surface area contributed by atoms with E-state index < -0.39 is 10.5 Å². The van der Waals surface area contributed by atoms with Crippen molar-refractivity contribution in [3.63, 3.8) is 0 Å². The molecule has 126 valence electrons. The summed E-state index contributed by atoms with van der Waals surface area (Å²) in [5, 5.41) is 10.8. The number of carbonyl (C=O) groups is 1. The second-order valence-electron chi connectivity index (χ2n) is 5.21. The number of hydrogen-bond donors (Lipinski definition) is 0. The maximum Gasteiger partial charge on any atom is 0.285 e. The Morgan fingerprint density at radius 1 is 1.25 bits per heavy atom. The lowest BCUT2D eigenvalue weighted by Gasteiger charge is -2.18. The van der Waals surface area contributed by atoms with E-state index >= 15 is 0 Å². The molecule has 2 rings (SSSR count). The molecule has 1 amide bonds. The lowest BCUT2D eigenvalue weighted by molar-refractivity contribution is -0.385. The van der Waals surface area contributed by atoms with Crippen LogP contribution >= 0.6 is 0 Å². The standard InChI is InChI=1S/C16H17N3O5/c1-17(9-12-3-6-14(24-2)7-4-12)16(21)11-18-10-13(19(22)23)5-8-15(18)20/h3-8,10H,9,11H2,1-2H3. The van der Waals surface area contributed by atoms with Gasteiger partial charge in [0.05, 0.1) is 18.2 Å². The Bertz CT molecular complexity index is 798. The van der Waals surface area contributed by atoms with E-state index in [1.807, 2.05) is 12.1 Å². The first-order valence-electron chi connectivity index (χ1n) is 7.12. The molecule has 0 atom stereocenters. The van der Waals surface area contributed by atoms with E-state index in [-0.39, 0.29) is 18.1 Å². The van der Waals surface area contributed by atoms with Crippen LogP contribution in [-0.2, 0) is 17.9 Å². The van der Waals surface area contributed by atoms with Gasteiger partial charge in [-0.15, -0.1) is 0 Å². The van der Waals surface area contributed by atoms with E-state index in [1.54, 1.807) is 26.3 Å². The summed E-state index contributed by atoms with van der Waals surface area (Å²) < 4.78 is 6.10. The summed E-state index contributed by atoms with van der Waals surface area (Å²) in [5.74, 6) is 0.393. The van der Waals surface area contributed by atoms with Crippen molar-refractivity contribution in [3.05, 3.63) is 68.6 Å². The van der Waals surface area contributed by atoms with Crippen LogP contribution in [0.3, 0.4) is 0 Å². The van der Waals surface area contributed by atoms with E-state index in [0.29, 0.717) is 6.54 Å². The molecule has 0 saturated carbocycles. The summed E-state index contributed by atoms with van der Waals surface area (Å²) in [7, 11) is 3.18. The fourth-order valence-electron chi connectivity index (χ4n) is 2.11. The van der Waals surface area contributed by atoms with Crippen LogP contribution in [0.2, 0.25) is 0 Å². The molecule has 0 spiro atoms. The van der Waals surface area contributed by atoms with Gasteiger partial charge in [0.15, 0.2) is 0 Å². The molecule has 1 heterocycles. The lowest BCUT2D eigenvalue weighted by Crippen LogP contribution is -2.33. The molecule has 8 nitrogen and oxygen atoms in total. The highest BCUT2D eigenvalue weighted by molar-refractivity contribution is 5.75. The topological polar surface area (TPSA) is 94.7 Å². The van der Waals surface area contributed by atoms with E-state index in [9.17, 15) is 19.7 Å². The van der Waals surface area contributed by atoms with E-state index in [4.69, 9.17) is 4.74 Å². The van der Waals surface area contributed by atoms with Crippen LogP contribution in [0.4, 0.5) is 5.69 Å². The fraction of sp³-hybridized carbons (Fsp3) is 0.250. The minimum absolute atomic E-state index is 0.236. The van der Waals surface area contributed by atoms with E-state index in [1.165, 1.54) is 4.90 Å². The predicted octanol–water partition coefficient (Wildman–Crippen LogP) is 1.42. The maximum atomic E-state index is 12.2. The molecular formula is C16H17N3O5. The second-order valence-corrected chi connectivity index (χ2v) is 5.21. The molecule has 2 aromatic rings. The Morgan fingerprint density at radius 3 is 2.50 bits per heavy atom. The summed E-state index contributed by atoms with van der Waals surface area (Å²) in [4.78, 5) is 35.6. The number of amides is 1. The highest BCUT2D eigenvalue weighted by Gasteiger charge is 2.14. The van der Waals surface area contributed by atoms with Crippen LogP contribution in [0.5, 0.6) is 5.75 Å². The number of hydrogen-bond acceptors (Lipinski definition) is 5. The Hall–Kier alpha value is -3.16. The number of rotatable bonds is 6. The number of nitro groups is 1. The molecule has 0 aliphatic rings. The van der Waals surface area contributed by atoms with Crippen molar-refractivity contribution in [2.24, 2.45) is 0 Å². The number of carbonyl (C=O) groups excluding carboxylic acids is 1. The first kappa shape index (κ1) is 17.2. The Labute approximate surface area is 138 Å². The van der Waals surface area contributed by atoms with Crippen LogP contribution in [0.25, 0.3) is 0 Å². The highest BCUT2D eigenvalue weighted by atomic mass is 16.6. The minimum atomic E-state index is -0.610. The Morgan fingerprint density at radius 2 is 1.92 bits per heavy atom. The van der Waals surface area contributed by atoms with Crippen molar-refractivity contribution in [2.75, 3.05) is 14.2 Å². The van der Waals surface area contributed by atoms with Crippen molar-refractivity contribution < 1.29 is 14.5 Å². The number of nitrogens with zero attached hydrogens (tertiary/aromatic N) is 3. The molecule has 1 aromatic heterocycles. The molecule has 8 heteroatoms. The number of methoxy groups -OCH3 is 1. The monoisotopic (exact) mass is 331 g/mol. The third kappa shape index (κ3) is 4.19. The third-order valence-corrected chi connectivity index (χ3v) is 3.49.